The van der Waals surface area contributed by atoms with E-state index in [1.807, 2.05) is 6.07 Å². The van der Waals surface area contributed by atoms with E-state index in [1.165, 1.54) is 29.0 Å². The maximum atomic E-state index is 12.8. The lowest BCUT2D eigenvalue weighted by molar-refractivity contribution is -0.117. The van der Waals surface area contributed by atoms with E-state index < -0.39 is 0 Å². The topological polar surface area (TPSA) is 61.9 Å². The molecule has 0 spiro atoms. The molecule has 2 aliphatic rings. The summed E-state index contributed by atoms with van der Waals surface area (Å²) >= 11 is 1.54. The quantitative estimate of drug-likeness (QED) is 0.741. The maximum Gasteiger partial charge on any atom is 0.341 e. The second-order valence-electron chi connectivity index (χ2n) is 8.19. The van der Waals surface area contributed by atoms with Gasteiger partial charge in [0, 0.05) is 36.7 Å². The van der Waals surface area contributed by atoms with Gasteiger partial charge in [-0.25, -0.2) is 4.79 Å². The summed E-state index contributed by atoms with van der Waals surface area (Å²) in [6, 6.07) is 10.4. The molecule has 2 heterocycles. The number of thiophene rings is 1. The zero-order valence-electron chi connectivity index (χ0n) is 17.6. The van der Waals surface area contributed by atoms with Crippen molar-refractivity contribution in [3.63, 3.8) is 0 Å². The molecule has 4 rings (SSSR count). The first-order valence-electron chi connectivity index (χ1n) is 10.6. The molecule has 1 aromatic heterocycles. The first-order chi connectivity index (χ1) is 14.5. The number of piperazine rings is 1. The van der Waals surface area contributed by atoms with Crippen molar-refractivity contribution in [2.24, 2.45) is 5.92 Å². The summed E-state index contributed by atoms with van der Waals surface area (Å²) in [5, 5.41) is 3.66. The smallest absolute Gasteiger partial charge is 0.341 e. The number of ether oxygens (including phenoxy) is 1. The number of hydrogen-bond donors (Lipinski definition) is 1. The Labute approximate surface area is 181 Å². The van der Waals surface area contributed by atoms with E-state index in [1.54, 1.807) is 0 Å². The van der Waals surface area contributed by atoms with Gasteiger partial charge >= 0.3 is 5.97 Å². The van der Waals surface area contributed by atoms with Gasteiger partial charge in [-0.3, -0.25) is 9.69 Å². The molecule has 1 fully saturated rings. The minimum Gasteiger partial charge on any atom is -0.465 e. The molecule has 30 heavy (non-hydrogen) atoms. The molecule has 1 amide bonds. The van der Waals surface area contributed by atoms with Gasteiger partial charge in [0.25, 0.3) is 0 Å². The van der Waals surface area contributed by atoms with Gasteiger partial charge in [-0.2, -0.15) is 0 Å². The predicted octanol–water partition coefficient (Wildman–Crippen LogP) is 3.42. The highest BCUT2D eigenvalue weighted by atomic mass is 32.1. The molecule has 1 N–H and O–H groups in total. The average molecular weight is 428 g/mol. The third kappa shape index (κ3) is 4.52. The van der Waals surface area contributed by atoms with Crippen molar-refractivity contribution in [3.05, 3.63) is 46.3 Å². The van der Waals surface area contributed by atoms with Crippen LogP contribution in [-0.4, -0.2) is 56.6 Å². The van der Waals surface area contributed by atoms with Gasteiger partial charge in [-0.15, -0.1) is 11.3 Å². The van der Waals surface area contributed by atoms with E-state index in [4.69, 9.17) is 4.74 Å². The van der Waals surface area contributed by atoms with E-state index in [2.05, 4.69) is 46.3 Å². The van der Waals surface area contributed by atoms with Crippen LogP contribution in [0.4, 0.5) is 10.7 Å². The molecule has 1 aliphatic carbocycles. The van der Waals surface area contributed by atoms with Crippen molar-refractivity contribution in [2.45, 2.75) is 26.2 Å². The summed E-state index contributed by atoms with van der Waals surface area (Å²) in [6.07, 6.45) is 2.89. The fourth-order valence-corrected chi connectivity index (χ4v) is 5.74. The summed E-state index contributed by atoms with van der Waals surface area (Å²) in [4.78, 5) is 30.9. The Bertz CT molecular complexity index is 904. The standard InChI is InChI=1S/C23H29N3O3S/c1-16-8-9-18-19(14-16)30-22(21(18)23(28)29-2)24-20(27)15-25-10-12-26(13-11-25)17-6-4-3-5-7-17/h3-7,16H,8-15H2,1-2H3,(H,24,27). The molecule has 0 saturated carbocycles. The molecule has 1 unspecified atom stereocenters. The van der Waals surface area contributed by atoms with Gasteiger partial charge < -0.3 is 15.0 Å². The Morgan fingerprint density at radius 2 is 1.90 bits per heavy atom. The van der Waals surface area contributed by atoms with Gasteiger partial charge in [-0.05, 0) is 42.9 Å². The third-order valence-corrected chi connectivity index (χ3v) is 7.18. The number of carbonyl (C=O) groups excluding carboxylic acids is 2. The number of amides is 1. The molecule has 1 aromatic carbocycles. The van der Waals surface area contributed by atoms with Crippen LogP contribution in [0.15, 0.2) is 30.3 Å². The Kier molecular flexibility index (Phi) is 6.39. The Balaban J connectivity index is 1.38. The van der Waals surface area contributed by atoms with Crippen molar-refractivity contribution < 1.29 is 14.3 Å². The number of rotatable bonds is 5. The first kappa shape index (κ1) is 20.9. The van der Waals surface area contributed by atoms with Crippen LogP contribution < -0.4 is 10.2 Å². The largest absolute Gasteiger partial charge is 0.465 e. The molecular formula is C23H29N3O3S. The predicted molar refractivity (Wildman–Crippen MR) is 121 cm³/mol. The van der Waals surface area contributed by atoms with Crippen LogP contribution in [0.25, 0.3) is 0 Å². The summed E-state index contributed by atoms with van der Waals surface area (Å²) in [5.74, 6) is 0.180. The monoisotopic (exact) mass is 427 g/mol. The Morgan fingerprint density at radius 1 is 1.17 bits per heavy atom. The highest BCUT2D eigenvalue weighted by Crippen LogP contribution is 2.40. The van der Waals surface area contributed by atoms with E-state index in [9.17, 15) is 9.59 Å². The fraction of sp³-hybridized carbons (Fsp3) is 0.478. The van der Waals surface area contributed by atoms with E-state index in [0.717, 1.165) is 51.0 Å². The van der Waals surface area contributed by atoms with E-state index >= 15 is 0 Å². The number of nitrogens with zero attached hydrogens (tertiary/aromatic N) is 2. The van der Waals surface area contributed by atoms with Gasteiger partial charge in [0.1, 0.15) is 5.00 Å². The van der Waals surface area contributed by atoms with Gasteiger partial charge in [0.2, 0.25) is 5.91 Å². The zero-order valence-corrected chi connectivity index (χ0v) is 18.5. The number of esters is 1. The van der Waals surface area contributed by atoms with Crippen LogP contribution in [0.5, 0.6) is 0 Å². The molecule has 160 valence electrons. The Morgan fingerprint density at radius 3 is 2.60 bits per heavy atom. The second-order valence-corrected chi connectivity index (χ2v) is 9.30. The number of para-hydroxylation sites is 1. The highest BCUT2D eigenvalue weighted by Gasteiger charge is 2.29. The number of carbonyl (C=O) groups is 2. The molecular weight excluding hydrogens is 398 g/mol. The number of fused-ring (bicyclic) bond motifs is 1. The lowest BCUT2D eigenvalue weighted by atomic mass is 9.88. The lowest BCUT2D eigenvalue weighted by Crippen LogP contribution is -2.48. The number of hydrogen-bond acceptors (Lipinski definition) is 6. The summed E-state index contributed by atoms with van der Waals surface area (Å²) in [5.41, 5.74) is 2.85. The molecule has 1 aliphatic heterocycles. The molecule has 0 radical (unpaired) electrons. The number of methoxy groups -OCH3 is 1. The minimum atomic E-state index is -0.353. The Hall–Kier alpha value is -2.38. The van der Waals surface area contributed by atoms with Gasteiger partial charge in [0.15, 0.2) is 0 Å². The van der Waals surface area contributed by atoms with Crippen molar-refractivity contribution in [1.29, 1.82) is 0 Å². The van der Waals surface area contributed by atoms with Crippen LogP contribution in [0.2, 0.25) is 0 Å². The van der Waals surface area contributed by atoms with Gasteiger partial charge in [0.05, 0.1) is 19.2 Å². The summed E-state index contributed by atoms with van der Waals surface area (Å²) in [7, 11) is 1.40. The highest BCUT2D eigenvalue weighted by molar-refractivity contribution is 7.17. The number of nitrogens with one attached hydrogen (secondary N) is 1. The summed E-state index contributed by atoms with van der Waals surface area (Å²) in [6.45, 7) is 6.04. The first-order valence-corrected chi connectivity index (χ1v) is 11.4. The van der Waals surface area contributed by atoms with Gasteiger partial charge in [-0.1, -0.05) is 25.1 Å². The van der Waals surface area contributed by atoms with E-state index in [0.29, 0.717) is 23.0 Å². The van der Waals surface area contributed by atoms with Crippen molar-refractivity contribution in [1.82, 2.24) is 4.90 Å². The van der Waals surface area contributed by atoms with Crippen LogP contribution in [0.1, 0.15) is 34.1 Å². The van der Waals surface area contributed by atoms with Crippen molar-refractivity contribution in [2.75, 3.05) is 50.1 Å². The van der Waals surface area contributed by atoms with E-state index in [-0.39, 0.29) is 11.9 Å². The third-order valence-electron chi connectivity index (χ3n) is 6.01. The lowest BCUT2D eigenvalue weighted by Gasteiger charge is -2.35. The molecule has 6 nitrogen and oxygen atoms in total. The maximum absolute atomic E-state index is 12.8. The number of anilines is 2. The van der Waals surface area contributed by atoms with Crippen LogP contribution in [0.3, 0.4) is 0 Å². The van der Waals surface area contributed by atoms with Crippen LogP contribution >= 0.6 is 11.3 Å². The molecule has 2 aromatic rings. The number of benzene rings is 1. The minimum absolute atomic E-state index is 0.0695. The SMILES string of the molecule is COC(=O)c1c(NC(=O)CN2CCN(c3ccccc3)CC2)sc2c1CCC(C)C2. The van der Waals surface area contributed by atoms with Crippen molar-refractivity contribution in [3.8, 4) is 0 Å². The second kappa shape index (κ2) is 9.18. The fourth-order valence-electron chi connectivity index (χ4n) is 4.33. The molecule has 0 bridgehead atoms. The van der Waals surface area contributed by atoms with Crippen molar-refractivity contribution >= 4 is 33.9 Å². The molecule has 1 atom stereocenters. The van der Waals surface area contributed by atoms with Crippen LogP contribution in [0, 0.1) is 5.92 Å². The normalized spacial score (nSPS) is 19.3. The average Bonchev–Trinajstić information content (AvgIpc) is 3.10. The summed E-state index contributed by atoms with van der Waals surface area (Å²) < 4.78 is 5.01. The molecule has 7 heteroatoms. The molecule has 1 saturated heterocycles. The van der Waals surface area contributed by atoms with Crippen LogP contribution in [-0.2, 0) is 22.4 Å². The zero-order chi connectivity index (χ0) is 21.1.